The number of hydrogen-bond acceptors (Lipinski definition) is 5. The first kappa shape index (κ1) is 18.7. The van der Waals surface area contributed by atoms with E-state index in [9.17, 15) is 22.0 Å². The highest BCUT2D eigenvalue weighted by atomic mass is 32.2. The first-order valence-corrected chi connectivity index (χ1v) is 8.57. The van der Waals surface area contributed by atoms with Crippen LogP contribution in [-0.2, 0) is 19.6 Å². The van der Waals surface area contributed by atoms with E-state index in [1.165, 1.54) is 31.4 Å². The van der Waals surface area contributed by atoms with Gasteiger partial charge in [0, 0.05) is 6.07 Å². The molecule has 0 spiro atoms. The quantitative estimate of drug-likeness (QED) is 0.757. The van der Waals surface area contributed by atoms with E-state index in [0.29, 0.717) is 11.8 Å². The predicted octanol–water partition coefficient (Wildman–Crippen LogP) is 2.71. The maximum Gasteiger partial charge on any atom is 0.308 e. The van der Waals surface area contributed by atoms with Crippen LogP contribution in [0.15, 0.2) is 47.4 Å². The minimum Gasteiger partial charge on any atom is -0.493 e. The second-order valence-corrected chi connectivity index (χ2v) is 6.59. The fourth-order valence-corrected chi connectivity index (χ4v) is 2.94. The zero-order valence-electron chi connectivity index (χ0n) is 13.2. The van der Waals surface area contributed by atoms with Crippen molar-refractivity contribution in [3.8, 4) is 5.75 Å². The lowest BCUT2D eigenvalue weighted by Crippen LogP contribution is -2.13. The average Bonchev–Trinajstić information content (AvgIpc) is 2.53. The Morgan fingerprint density at radius 3 is 2.24 bits per heavy atom. The number of anilines is 1. The van der Waals surface area contributed by atoms with Crippen LogP contribution in [-0.4, -0.2) is 28.1 Å². The van der Waals surface area contributed by atoms with Gasteiger partial charge in [-0.1, -0.05) is 0 Å². The lowest BCUT2D eigenvalue weighted by Gasteiger charge is -2.10. The van der Waals surface area contributed by atoms with E-state index >= 15 is 0 Å². The van der Waals surface area contributed by atoms with E-state index < -0.39 is 27.6 Å². The smallest absolute Gasteiger partial charge is 0.308 e. The molecule has 0 aliphatic heterocycles. The highest BCUT2D eigenvalue weighted by Gasteiger charge is 2.15. The first-order chi connectivity index (χ1) is 11.8. The summed E-state index contributed by atoms with van der Waals surface area (Å²) in [5.74, 6) is -1.86. The topological polar surface area (TPSA) is 81.7 Å². The van der Waals surface area contributed by atoms with Crippen molar-refractivity contribution in [2.24, 2.45) is 0 Å². The molecule has 0 aliphatic rings. The third-order valence-corrected chi connectivity index (χ3v) is 4.45. The van der Waals surface area contributed by atoms with Crippen LogP contribution in [0.3, 0.4) is 0 Å². The molecule has 0 heterocycles. The second kappa shape index (κ2) is 7.93. The molecule has 9 heteroatoms. The zero-order chi connectivity index (χ0) is 18.4. The summed E-state index contributed by atoms with van der Waals surface area (Å²) in [6.07, 6.45) is 0.0588. The standard InChI is InChI=1S/C16H15F2NO5S/c1-23-16(20)6-7-24-14-2-4-15(5-3-14)25(21,22)19-13-9-11(17)8-12(18)10-13/h2-5,8-10,19H,6-7H2,1H3. The number of methoxy groups -OCH3 is 1. The maximum absolute atomic E-state index is 13.1. The summed E-state index contributed by atoms with van der Waals surface area (Å²) in [6, 6.07) is 7.71. The van der Waals surface area contributed by atoms with Crippen LogP contribution < -0.4 is 9.46 Å². The van der Waals surface area contributed by atoms with Crippen LogP contribution in [0, 0.1) is 11.6 Å². The average molecular weight is 371 g/mol. The number of carbonyl (C=O) groups is 1. The number of esters is 1. The van der Waals surface area contributed by atoms with Gasteiger partial charge in [-0.3, -0.25) is 9.52 Å². The fraction of sp³-hybridized carbons (Fsp3) is 0.188. The van der Waals surface area contributed by atoms with E-state index in [0.717, 1.165) is 12.1 Å². The number of ether oxygens (including phenoxy) is 2. The van der Waals surface area contributed by atoms with Crippen molar-refractivity contribution in [1.82, 2.24) is 0 Å². The predicted molar refractivity (Wildman–Crippen MR) is 85.7 cm³/mol. The Morgan fingerprint density at radius 2 is 1.68 bits per heavy atom. The van der Waals surface area contributed by atoms with Gasteiger partial charge in [-0.25, -0.2) is 17.2 Å². The molecule has 0 radical (unpaired) electrons. The van der Waals surface area contributed by atoms with Gasteiger partial charge in [0.2, 0.25) is 0 Å². The molecule has 2 aromatic rings. The SMILES string of the molecule is COC(=O)CCOc1ccc(S(=O)(=O)Nc2cc(F)cc(F)c2)cc1. The Bertz CT molecular complexity index is 833. The van der Waals surface area contributed by atoms with Crippen LogP contribution in [0.4, 0.5) is 14.5 Å². The molecular formula is C16H15F2NO5S. The molecule has 25 heavy (non-hydrogen) atoms. The number of carbonyl (C=O) groups excluding carboxylic acids is 1. The lowest BCUT2D eigenvalue weighted by atomic mass is 10.3. The normalized spacial score (nSPS) is 11.0. The molecule has 0 aliphatic carbocycles. The third kappa shape index (κ3) is 5.42. The highest BCUT2D eigenvalue weighted by Crippen LogP contribution is 2.20. The van der Waals surface area contributed by atoms with Crippen molar-refractivity contribution >= 4 is 21.7 Å². The second-order valence-electron chi connectivity index (χ2n) is 4.91. The molecular weight excluding hydrogens is 356 g/mol. The molecule has 0 unspecified atom stereocenters. The van der Waals surface area contributed by atoms with Crippen molar-refractivity contribution in [2.45, 2.75) is 11.3 Å². The first-order valence-electron chi connectivity index (χ1n) is 7.09. The minimum atomic E-state index is -4.01. The van der Waals surface area contributed by atoms with Crippen LogP contribution in [0.5, 0.6) is 5.75 Å². The minimum absolute atomic E-state index is 0.0588. The van der Waals surface area contributed by atoms with Gasteiger partial charge in [-0.15, -0.1) is 0 Å². The van der Waals surface area contributed by atoms with Crippen molar-refractivity contribution in [3.05, 3.63) is 54.1 Å². The Balaban J connectivity index is 2.05. The maximum atomic E-state index is 13.1. The van der Waals surface area contributed by atoms with Gasteiger partial charge < -0.3 is 9.47 Å². The molecule has 0 bridgehead atoms. The Hall–Kier alpha value is -2.68. The van der Waals surface area contributed by atoms with Crippen LogP contribution >= 0.6 is 0 Å². The summed E-state index contributed by atoms with van der Waals surface area (Å²) in [4.78, 5) is 10.9. The van der Waals surface area contributed by atoms with Gasteiger partial charge in [0.25, 0.3) is 10.0 Å². The van der Waals surface area contributed by atoms with E-state index in [1.54, 1.807) is 0 Å². The molecule has 2 rings (SSSR count). The third-order valence-electron chi connectivity index (χ3n) is 3.05. The fourth-order valence-electron chi connectivity index (χ4n) is 1.90. The number of benzene rings is 2. The van der Waals surface area contributed by atoms with Gasteiger partial charge in [0.05, 0.1) is 30.7 Å². The summed E-state index contributed by atoms with van der Waals surface area (Å²) in [5.41, 5.74) is -0.226. The Labute approximate surface area is 143 Å². The van der Waals surface area contributed by atoms with Crippen molar-refractivity contribution in [2.75, 3.05) is 18.4 Å². The van der Waals surface area contributed by atoms with Gasteiger partial charge >= 0.3 is 5.97 Å². The van der Waals surface area contributed by atoms with Crippen molar-refractivity contribution in [3.63, 3.8) is 0 Å². The number of rotatable bonds is 7. The van der Waals surface area contributed by atoms with Gasteiger partial charge in [-0.2, -0.15) is 0 Å². The Morgan fingerprint density at radius 1 is 1.08 bits per heavy atom. The number of nitrogens with one attached hydrogen (secondary N) is 1. The van der Waals surface area contributed by atoms with E-state index in [2.05, 4.69) is 9.46 Å². The summed E-state index contributed by atoms with van der Waals surface area (Å²) in [7, 11) is -2.75. The lowest BCUT2D eigenvalue weighted by molar-refractivity contribution is -0.141. The monoisotopic (exact) mass is 371 g/mol. The molecule has 0 saturated heterocycles. The van der Waals surface area contributed by atoms with E-state index in [4.69, 9.17) is 4.74 Å². The molecule has 134 valence electrons. The molecule has 0 fully saturated rings. The molecule has 2 aromatic carbocycles. The van der Waals surface area contributed by atoms with Gasteiger partial charge in [0.1, 0.15) is 17.4 Å². The molecule has 0 atom stereocenters. The number of sulfonamides is 1. The summed E-state index contributed by atoms with van der Waals surface area (Å²) in [6.45, 7) is 0.0829. The molecule has 0 saturated carbocycles. The van der Waals surface area contributed by atoms with E-state index in [-0.39, 0.29) is 23.6 Å². The Kier molecular flexibility index (Phi) is 5.92. The van der Waals surface area contributed by atoms with Crippen LogP contribution in [0.25, 0.3) is 0 Å². The van der Waals surface area contributed by atoms with Gasteiger partial charge in [0.15, 0.2) is 0 Å². The molecule has 6 nitrogen and oxygen atoms in total. The molecule has 0 amide bonds. The summed E-state index contributed by atoms with van der Waals surface area (Å²) in [5, 5.41) is 0. The number of halogens is 2. The highest BCUT2D eigenvalue weighted by molar-refractivity contribution is 7.92. The molecule has 1 N–H and O–H groups in total. The van der Waals surface area contributed by atoms with Crippen molar-refractivity contribution < 1.29 is 31.5 Å². The van der Waals surface area contributed by atoms with Crippen molar-refractivity contribution in [1.29, 1.82) is 0 Å². The molecule has 0 aromatic heterocycles. The number of hydrogen-bond donors (Lipinski definition) is 1. The zero-order valence-corrected chi connectivity index (χ0v) is 14.0. The largest absolute Gasteiger partial charge is 0.493 e. The van der Waals surface area contributed by atoms with E-state index in [1.807, 2.05) is 0 Å². The van der Waals surface area contributed by atoms with Gasteiger partial charge in [-0.05, 0) is 36.4 Å². The summed E-state index contributed by atoms with van der Waals surface area (Å²) >= 11 is 0. The van der Waals surface area contributed by atoms with Crippen LogP contribution in [0.1, 0.15) is 6.42 Å². The summed E-state index contributed by atoms with van der Waals surface area (Å²) < 4.78 is 62.5. The van der Waals surface area contributed by atoms with Crippen LogP contribution in [0.2, 0.25) is 0 Å².